The molecule has 102 valence electrons. The van der Waals surface area contributed by atoms with Crippen LogP contribution in [0.1, 0.15) is 5.56 Å². The van der Waals surface area contributed by atoms with Gasteiger partial charge in [-0.05, 0) is 29.3 Å². The van der Waals surface area contributed by atoms with Gasteiger partial charge < -0.3 is 10.5 Å². The molecule has 0 bridgehead atoms. The molecule has 1 aromatic carbocycles. The number of aryl methyl sites for hydroxylation is 1. The predicted octanol–water partition coefficient (Wildman–Crippen LogP) is 2.44. The van der Waals surface area contributed by atoms with E-state index in [2.05, 4.69) is 9.84 Å². The van der Waals surface area contributed by atoms with Crippen LogP contribution in [0, 0.1) is 0 Å². The van der Waals surface area contributed by atoms with Crippen LogP contribution in [-0.2, 0) is 13.6 Å². The second kappa shape index (κ2) is 4.93. The van der Waals surface area contributed by atoms with E-state index in [0.717, 1.165) is 0 Å². The lowest BCUT2D eigenvalue weighted by molar-refractivity contribution is -0.274. The Morgan fingerprint density at radius 2 is 2.00 bits per heavy atom. The summed E-state index contributed by atoms with van der Waals surface area (Å²) in [4.78, 5) is 0. The molecule has 0 aliphatic rings. The van der Waals surface area contributed by atoms with Crippen molar-refractivity contribution >= 4 is 0 Å². The highest BCUT2D eigenvalue weighted by molar-refractivity contribution is 5.64. The summed E-state index contributed by atoms with van der Waals surface area (Å²) in [5.74, 6) is -0.283. The fourth-order valence-corrected chi connectivity index (χ4v) is 1.71. The number of nitrogens with two attached hydrogens (primary N) is 1. The highest BCUT2D eigenvalue weighted by Crippen LogP contribution is 2.29. The summed E-state index contributed by atoms with van der Waals surface area (Å²) in [6, 6.07) is 4.29. The van der Waals surface area contributed by atoms with Crippen LogP contribution >= 0.6 is 0 Å². The van der Waals surface area contributed by atoms with Crippen molar-refractivity contribution in [1.29, 1.82) is 0 Å². The van der Waals surface area contributed by atoms with Crippen molar-refractivity contribution in [2.45, 2.75) is 12.9 Å². The second-order valence-corrected chi connectivity index (χ2v) is 4.02. The van der Waals surface area contributed by atoms with E-state index >= 15 is 0 Å². The Hall–Kier alpha value is -2.02. The van der Waals surface area contributed by atoms with Crippen LogP contribution in [0.4, 0.5) is 13.2 Å². The lowest BCUT2D eigenvalue weighted by atomic mass is 10.1. The third kappa shape index (κ3) is 3.47. The second-order valence-electron chi connectivity index (χ2n) is 4.02. The predicted molar refractivity (Wildman–Crippen MR) is 63.2 cm³/mol. The largest absolute Gasteiger partial charge is 0.573 e. The van der Waals surface area contributed by atoms with Crippen molar-refractivity contribution in [2.75, 3.05) is 0 Å². The van der Waals surface area contributed by atoms with E-state index in [4.69, 9.17) is 5.73 Å². The van der Waals surface area contributed by atoms with Gasteiger partial charge in [0.1, 0.15) is 5.75 Å². The molecule has 0 saturated carbocycles. The molecule has 1 aromatic heterocycles. The van der Waals surface area contributed by atoms with E-state index in [0.29, 0.717) is 16.7 Å². The van der Waals surface area contributed by atoms with Gasteiger partial charge in [-0.1, -0.05) is 0 Å². The average molecular weight is 271 g/mol. The maximum Gasteiger partial charge on any atom is 0.573 e. The van der Waals surface area contributed by atoms with Gasteiger partial charge in [-0.15, -0.1) is 13.2 Å². The minimum absolute atomic E-state index is 0.127. The molecule has 0 spiro atoms. The minimum atomic E-state index is -4.72. The van der Waals surface area contributed by atoms with E-state index < -0.39 is 6.36 Å². The van der Waals surface area contributed by atoms with Gasteiger partial charge in [-0.2, -0.15) is 5.10 Å². The van der Waals surface area contributed by atoms with Gasteiger partial charge in [0.25, 0.3) is 0 Å². The van der Waals surface area contributed by atoms with Crippen LogP contribution in [0.3, 0.4) is 0 Å². The molecule has 1 heterocycles. The van der Waals surface area contributed by atoms with Crippen molar-refractivity contribution in [3.8, 4) is 16.9 Å². The van der Waals surface area contributed by atoms with Gasteiger partial charge in [-0.3, -0.25) is 4.68 Å². The Morgan fingerprint density at radius 3 is 2.53 bits per heavy atom. The summed E-state index contributed by atoms with van der Waals surface area (Å²) in [6.45, 7) is 0.127. The smallest absolute Gasteiger partial charge is 0.406 e. The first-order chi connectivity index (χ1) is 8.87. The molecule has 2 N–H and O–H groups in total. The SMILES string of the molecule is Cn1cc(-c2cc(CN)cc(OC(F)(F)F)c2)cn1. The van der Waals surface area contributed by atoms with Crippen LogP contribution in [0.15, 0.2) is 30.6 Å². The summed E-state index contributed by atoms with van der Waals surface area (Å²) in [5.41, 5.74) is 7.31. The van der Waals surface area contributed by atoms with Gasteiger partial charge in [-0.25, -0.2) is 0 Å². The highest BCUT2D eigenvalue weighted by atomic mass is 19.4. The number of hydrogen-bond donors (Lipinski definition) is 1. The third-order valence-electron chi connectivity index (χ3n) is 2.47. The van der Waals surface area contributed by atoms with Crippen LogP contribution in [0.25, 0.3) is 11.1 Å². The van der Waals surface area contributed by atoms with Gasteiger partial charge in [0.2, 0.25) is 0 Å². The zero-order valence-corrected chi connectivity index (χ0v) is 10.1. The van der Waals surface area contributed by atoms with E-state index in [1.165, 1.54) is 12.1 Å². The Morgan fingerprint density at radius 1 is 1.26 bits per heavy atom. The molecule has 0 amide bonds. The first-order valence-electron chi connectivity index (χ1n) is 5.46. The number of nitrogens with zero attached hydrogens (tertiary/aromatic N) is 2. The molecule has 0 aliphatic carbocycles. The molecular formula is C12H12F3N3O. The summed E-state index contributed by atoms with van der Waals surface area (Å²) in [6.07, 6.45) is -1.46. The maximum atomic E-state index is 12.2. The fourth-order valence-electron chi connectivity index (χ4n) is 1.71. The molecule has 0 unspecified atom stereocenters. The molecule has 19 heavy (non-hydrogen) atoms. The van der Waals surface area contributed by atoms with E-state index in [-0.39, 0.29) is 12.3 Å². The first-order valence-corrected chi connectivity index (χ1v) is 5.46. The lowest BCUT2D eigenvalue weighted by Crippen LogP contribution is -2.17. The first kappa shape index (κ1) is 13.4. The number of ether oxygens (including phenoxy) is 1. The van der Waals surface area contributed by atoms with Crippen LogP contribution < -0.4 is 10.5 Å². The van der Waals surface area contributed by atoms with Crippen LogP contribution in [0.5, 0.6) is 5.75 Å². The van der Waals surface area contributed by atoms with Crippen molar-refractivity contribution in [2.24, 2.45) is 12.8 Å². The molecule has 0 atom stereocenters. The Labute approximate surface area is 107 Å². The number of benzene rings is 1. The average Bonchev–Trinajstić information content (AvgIpc) is 2.73. The zero-order chi connectivity index (χ0) is 14.0. The number of aromatic nitrogens is 2. The molecular weight excluding hydrogens is 259 g/mol. The summed E-state index contributed by atoms with van der Waals surface area (Å²) in [5, 5.41) is 3.98. The molecule has 7 heteroatoms. The monoisotopic (exact) mass is 271 g/mol. The summed E-state index contributed by atoms with van der Waals surface area (Å²) >= 11 is 0. The Kier molecular flexibility index (Phi) is 3.48. The molecule has 4 nitrogen and oxygen atoms in total. The number of alkyl halides is 3. The van der Waals surface area contributed by atoms with E-state index in [1.54, 1.807) is 30.2 Å². The van der Waals surface area contributed by atoms with E-state index in [1.807, 2.05) is 0 Å². The summed E-state index contributed by atoms with van der Waals surface area (Å²) in [7, 11) is 1.73. The van der Waals surface area contributed by atoms with Crippen molar-refractivity contribution < 1.29 is 17.9 Å². The van der Waals surface area contributed by atoms with Crippen LogP contribution in [0.2, 0.25) is 0 Å². The molecule has 0 aliphatic heterocycles. The summed E-state index contributed by atoms with van der Waals surface area (Å²) < 4.78 is 42.2. The minimum Gasteiger partial charge on any atom is -0.406 e. The molecule has 0 radical (unpaired) electrons. The Balaban J connectivity index is 2.41. The van der Waals surface area contributed by atoms with Crippen molar-refractivity contribution in [1.82, 2.24) is 9.78 Å². The van der Waals surface area contributed by atoms with Gasteiger partial charge in [0.15, 0.2) is 0 Å². The number of rotatable bonds is 3. The standard InChI is InChI=1S/C12H12F3N3O/c1-18-7-10(6-17-18)9-2-8(5-16)3-11(4-9)19-12(13,14)15/h2-4,6-7H,5,16H2,1H3. The van der Waals surface area contributed by atoms with Gasteiger partial charge in [0.05, 0.1) is 6.20 Å². The maximum absolute atomic E-state index is 12.2. The molecule has 0 fully saturated rings. The zero-order valence-electron chi connectivity index (χ0n) is 10.1. The van der Waals surface area contributed by atoms with Crippen LogP contribution in [-0.4, -0.2) is 16.1 Å². The lowest BCUT2D eigenvalue weighted by Gasteiger charge is -2.11. The topological polar surface area (TPSA) is 53.1 Å². The molecule has 2 rings (SSSR count). The fraction of sp³-hybridized carbons (Fsp3) is 0.250. The van der Waals surface area contributed by atoms with E-state index in [9.17, 15) is 13.2 Å². The Bertz CT molecular complexity index is 578. The number of halogens is 3. The van der Waals surface area contributed by atoms with Crippen molar-refractivity contribution in [3.05, 3.63) is 36.2 Å². The number of hydrogen-bond acceptors (Lipinski definition) is 3. The molecule has 0 saturated heterocycles. The quantitative estimate of drug-likeness (QED) is 0.932. The van der Waals surface area contributed by atoms with Gasteiger partial charge >= 0.3 is 6.36 Å². The highest BCUT2D eigenvalue weighted by Gasteiger charge is 2.31. The molecule has 2 aromatic rings. The third-order valence-corrected chi connectivity index (χ3v) is 2.47. The van der Waals surface area contributed by atoms with Crippen molar-refractivity contribution in [3.63, 3.8) is 0 Å². The van der Waals surface area contributed by atoms with Gasteiger partial charge in [0, 0.05) is 25.4 Å². The normalized spacial score (nSPS) is 11.6.